The van der Waals surface area contributed by atoms with Crippen LogP contribution in [0.5, 0.6) is 0 Å². The molecule has 0 saturated carbocycles. The zero-order chi connectivity index (χ0) is 20.4. The standard InChI is InChI=1S/C22H26FN5O/c1-3-16-6-4-5-15(2)22(16)24-21(29)14-27-11-9-18(10-12-27)28-20-8-7-17(23)13-19(20)25-26-28/h4-8,13,18H,3,9-12,14H2,1-2H3,(H,24,29)/p+1. The molecular weight excluding hydrogens is 369 g/mol. The van der Waals surface area contributed by atoms with Crippen LogP contribution in [0.3, 0.4) is 0 Å². The van der Waals surface area contributed by atoms with Crippen molar-refractivity contribution in [1.29, 1.82) is 0 Å². The molecule has 0 unspecified atom stereocenters. The van der Waals surface area contributed by atoms with Crippen molar-refractivity contribution in [2.24, 2.45) is 0 Å². The maximum atomic E-state index is 13.4. The number of carbonyl (C=O) groups excluding carboxylic acids is 1. The third kappa shape index (κ3) is 4.15. The molecular formula is C22H27FN5O+. The van der Waals surface area contributed by atoms with Crippen molar-refractivity contribution in [2.75, 3.05) is 25.0 Å². The number of hydrogen-bond donors (Lipinski definition) is 2. The van der Waals surface area contributed by atoms with Crippen LogP contribution < -0.4 is 10.2 Å². The molecule has 1 fully saturated rings. The lowest BCUT2D eigenvalue weighted by Gasteiger charge is -2.29. The highest BCUT2D eigenvalue weighted by Gasteiger charge is 2.27. The summed E-state index contributed by atoms with van der Waals surface area (Å²) in [4.78, 5) is 13.9. The quantitative estimate of drug-likeness (QED) is 0.696. The summed E-state index contributed by atoms with van der Waals surface area (Å²) in [5, 5.41) is 11.5. The van der Waals surface area contributed by atoms with Crippen molar-refractivity contribution in [1.82, 2.24) is 15.0 Å². The largest absolute Gasteiger partial charge is 0.327 e. The van der Waals surface area contributed by atoms with E-state index in [1.165, 1.54) is 22.6 Å². The van der Waals surface area contributed by atoms with Crippen LogP contribution in [0.15, 0.2) is 36.4 Å². The summed E-state index contributed by atoms with van der Waals surface area (Å²) in [6, 6.07) is 11.0. The lowest BCUT2D eigenvalue weighted by Crippen LogP contribution is -3.14. The number of hydrogen-bond acceptors (Lipinski definition) is 3. The van der Waals surface area contributed by atoms with E-state index in [4.69, 9.17) is 0 Å². The zero-order valence-corrected chi connectivity index (χ0v) is 16.9. The van der Waals surface area contributed by atoms with Crippen molar-refractivity contribution in [3.63, 3.8) is 0 Å². The zero-order valence-electron chi connectivity index (χ0n) is 16.9. The number of rotatable bonds is 5. The molecule has 29 heavy (non-hydrogen) atoms. The summed E-state index contributed by atoms with van der Waals surface area (Å²) in [6.45, 7) is 6.39. The molecule has 4 rings (SSSR count). The van der Waals surface area contributed by atoms with Gasteiger partial charge in [-0.05, 0) is 36.6 Å². The summed E-state index contributed by atoms with van der Waals surface area (Å²) < 4.78 is 15.3. The molecule has 6 nitrogen and oxygen atoms in total. The van der Waals surface area contributed by atoms with Crippen LogP contribution in [-0.2, 0) is 11.2 Å². The van der Waals surface area contributed by atoms with Gasteiger partial charge in [0, 0.05) is 24.6 Å². The summed E-state index contributed by atoms with van der Waals surface area (Å²) in [7, 11) is 0. The van der Waals surface area contributed by atoms with Gasteiger partial charge < -0.3 is 10.2 Å². The first kappa shape index (κ1) is 19.5. The molecule has 1 aliphatic rings. The van der Waals surface area contributed by atoms with Crippen molar-refractivity contribution < 1.29 is 14.1 Å². The second kappa shape index (κ2) is 8.29. The number of aromatic nitrogens is 3. The molecule has 3 aromatic rings. The molecule has 2 aromatic carbocycles. The van der Waals surface area contributed by atoms with E-state index in [1.807, 2.05) is 23.7 Å². The van der Waals surface area contributed by atoms with Crippen LogP contribution in [0, 0.1) is 12.7 Å². The molecule has 152 valence electrons. The number of benzene rings is 2. The molecule has 1 aliphatic heterocycles. The SMILES string of the molecule is CCc1cccc(C)c1NC(=O)C[NH+]1CCC(n2nnc3cc(F)ccc32)CC1. The first-order valence-corrected chi connectivity index (χ1v) is 10.3. The van der Waals surface area contributed by atoms with E-state index in [-0.39, 0.29) is 17.8 Å². The van der Waals surface area contributed by atoms with E-state index < -0.39 is 0 Å². The summed E-state index contributed by atoms with van der Waals surface area (Å²) in [5.41, 5.74) is 4.67. The number of aryl methyl sites for hydroxylation is 2. The Morgan fingerprint density at radius 2 is 2.07 bits per heavy atom. The lowest BCUT2D eigenvalue weighted by atomic mass is 10.0. The number of carbonyl (C=O) groups is 1. The van der Waals surface area contributed by atoms with Crippen LogP contribution in [0.2, 0.25) is 0 Å². The average Bonchev–Trinajstić information content (AvgIpc) is 3.13. The van der Waals surface area contributed by atoms with Crippen LogP contribution in [0.4, 0.5) is 10.1 Å². The van der Waals surface area contributed by atoms with Gasteiger partial charge in [-0.3, -0.25) is 4.79 Å². The van der Waals surface area contributed by atoms with Gasteiger partial charge >= 0.3 is 0 Å². The van der Waals surface area contributed by atoms with Crippen molar-refractivity contribution in [3.05, 3.63) is 53.3 Å². The van der Waals surface area contributed by atoms with Crippen molar-refractivity contribution in [3.8, 4) is 0 Å². The Labute approximate surface area is 169 Å². The summed E-state index contributed by atoms with van der Waals surface area (Å²) in [6.07, 6.45) is 2.73. The monoisotopic (exact) mass is 396 g/mol. The third-order valence-corrected chi connectivity index (χ3v) is 5.86. The maximum Gasteiger partial charge on any atom is 0.279 e. The number of nitrogens with one attached hydrogen (secondary N) is 2. The molecule has 0 atom stereocenters. The fourth-order valence-corrected chi connectivity index (χ4v) is 4.23. The Kier molecular flexibility index (Phi) is 5.58. The predicted octanol–water partition coefficient (Wildman–Crippen LogP) is 2.30. The predicted molar refractivity (Wildman–Crippen MR) is 111 cm³/mol. The molecule has 0 spiro atoms. The third-order valence-electron chi connectivity index (χ3n) is 5.86. The van der Waals surface area contributed by atoms with Crippen LogP contribution in [0.1, 0.15) is 36.9 Å². The van der Waals surface area contributed by atoms with E-state index in [1.54, 1.807) is 6.07 Å². The number of amides is 1. The van der Waals surface area contributed by atoms with Crippen molar-refractivity contribution >= 4 is 22.6 Å². The fraction of sp³-hybridized carbons (Fsp3) is 0.409. The number of nitrogens with zero attached hydrogens (tertiary/aromatic N) is 3. The minimum Gasteiger partial charge on any atom is -0.327 e. The molecule has 1 amide bonds. The smallest absolute Gasteiger partial charge is 0.279 e. The molecule has 1 aromatic heterocycles. The second-order valence-corrected chi connectivity index (χ2v) is 7.84. The van der Waals surface area contributed by atoms with Crippen LogP contribution in [0.25, 0.3) is 11.0 Å². The number of fused-ring (bicyclic) bond motifs is 1. The van der Waals surface area contributed by atoms with E-state index >= 15 is 0 Å². The normalized spacial score (nSPS) is 19.4. The van der Waals surface area contributed by atoms with E-state index in [0.717, 1.165) is 49.1 Å². The van der Waals surface area contributed by atoms with Gasteiger partial charge in [-0.1, -0.05) is 30.3 Å². The van der Waals surface area contributed by atoms with Gasteiger partial charge in [0.05, 0.1) is 24.6 Å². The average molecular weight is 396 g/mol. The second-order valence-electron chi connectivity index (χ2n) is 7.84. The van der Waals surface area contributed by atoms with Gasteiger partial charge in [-0.15, -0.1) is 5.10 Å². The van der Waals surface area contributed by atoms with Crippen LogP contribution in [-0.4, -0.2) is 40.5 Å². The summed E-state index contributed by atoms with van der Waals surface area (Å²) >= 11 is 0. The fourth-order valence-electron chi connectivity index (χ4n) is 4.23. The minimum atomic E-state index is -0.297. The minimum absolute atomic E-state index is 0.0594. The number of anilines is 1. The van der Waals surface area contributed by atoms with Gasteiger partial charge in [-0.25, -0.2) is 9.07 Å². The summed E-state index contributed by atoms with van der Waals surface area (Å²) in [5.74, 6) is -0.237. The number of halogens is 1. The molecule has 7 heteroatoms. The Morgan fingerprint density at radius 1 is 1.28 bits per heavy atom. The molecule has 0 bridgehead atoms. The van der Waals surface area contributed by atoms with E-state index in [0.29, 0.717) is 12.1 Å². The molecule has 1 saturated heterocycles. The highest BCUT2D eigenvalue weighted by Crippen LogP contribution is 2.23. The van der Waals surface area contributed by atoms with Gasteiger partial charge in [0.15, 0.2) is 6.54 Å². The topological polar surface area (TPSA) is 64.2 Å². The Hall–Kier alpha value is -2.80. The maximum absolute atomic E-state index is 13.4. The Balaban J connectivity index is 1.36. The van der Waals surface area contributed by atoms with E-state index in [9.17, 15) is 9.18 Å². The number of likely N-dealkylation sites (tertiary alicyclic amines) is 1. The van der Waals surface area contributed by atoms with Crippen molar-refractivity contribution in [2.45, 2.75) is 39.2 Å². The highest BCUT2D eigenvalue weighted by molar-refractivity contribution is 5.93. The molecule has 0 aliphatic carbocycles. The molecule has 0 radical (unpaired) electrons. The number of quaternary nitrogens is 1. The Bertz CT molecular complexity index is 1020. The highest BCUT2D eigenvalue weighted by atomic mass is 19.1. The van der Waals surface area contributed by atoms with Gasteiger partial charge in [0.1, 0.15) is 11.3 Å². The molecule has 2 heterocycles. The first-order chi connectivity index (χ1) is 14.0. The number of piperidine rings is 1. The van der Waals surface area contributed by atoms with Gasteiger partial charge in [-0.2, -0.15) is 0 Å². The van der Waals surface area contributed by atoms with E-state index in [2.05, 4.69) is 28.6 Å². The Morgan fingerprint density at radius 3 is 2.83 bits per heavy atom. The first-order valence-electron chi connectivity index (χ1n) is 10.3. The molecule has 2 N–H and O–H groups in total. The lowest BCUT2D eigenvalue weighted by molar-refractivity contribution is -0.897. The van der Waals surface area contributed by atoms with Crippen LogP contribution >= 0.6 is 0 Å². The van der Waals surface area contributed by atoms with Gasteiger partial charge in [0.25, 0.3) is 5.91 Å². The number of para-hydroxylation sites is 1. The van der Waals surface area contributed by atoms with Gasteiger partial charge in [0.2, 0.25) is 0 Å².